The monoisotopic (exact) mass is 334 g/mol. The van der Waals surface area contributed by atoms with Crippen LogP contribution >= 0.6 is 0 Å². The van der Waals surface area contributed by atoms with Crippen LogP contribution in [0, 0.1) is 0 Å². The Kier molecular flexibility index (Phi) is 5.14. The number of hydrogen-bond acceptors (Lipinski definition) is 3. The van der Waals surface area contributed by atoms with Gasteiger partial charge in [-0.2, -0.15) is 0 Å². The lowest BCUT2D eigenvalue weighted by Gasteiger charge is -2.39. The quantitative estimate of drug-likeness (QED) is 0.840. The smallest absolute Gasteiger partial charge is 0.260 e. The normalized spacial score (nSPS) is 20.7. The second-order valence-electron chi connectivity index (χ2n) is 6.41. The number of benzene rings is 1. The van der Waals surface area contributed by atoms with E-state index in [1.54, 1.807) is 9.80 Å². The molecule has 0 radical (unpaired) electrons. The second kappa shape index (κ2) is 7.30. The molecule has 0 spiro atoms. The van der Waals surface area contributed by atoms with E-state index < -0.39 is 11.6 Å². The van der Waals surface area contributed by atoms with E-state index in [2.05, 4.69) is 0 Å². The van der Waals surface area contributed by atoms with Crippen LogP contribution in [0.1, 0.15) is 18.4 Å². The third-order valence-corrected chi connectivity index (χ3v) is 4.79. The van der Waals surface area contributed by atoms with E-state index in [-0.39, 0.29) is 31.8 Å². The molecule has 2 aliphatic rings. The molecule has 0 aliphatic carbocycles. The number of nitrogens with zero attached hydrogens (tertiary/aromatic N) is 2. The summed E-state index contributed by atoms with van der Waals surface area (Å²) in [4.78, 5) is 28.0. The van der Waals surface area contributed by atoms with Crippen molar-refractivity contribution in [1.29, 1.82) is 0 Å². The summed E-state index contributed by atoms with van der Waals surface area (Å²) in [5, 5.41) is 0. The van der Waals surface area contributed by atoms with Gasteiger partial charge >= 0.3 is 0 Å². The van der Waals surface area contributed by atoms with Gasteiger partial charge in [0.25, 0.3) is 5.91 Å². The summed E-state index contributed by atoms with van der Waals surface area (Å²) in [6.07, 6.45) is 0.463. The number of alkyl halides is 1. The topological polar surface area (TPSA) is 49.9 Å². The third kappa shape index (κ3) is 3.75. The van der Waals surface area contributed by atoms with Gasteiger partial charge in [-0.1, -0.05) is 30.3 Å². The maximum Gasteiger partial charge on any atom is 0.260 e. The van der Waals surface area contributed by atoms with Crippen LogP contribution in [-0.2, 0) is 20.7 Å². The van der Waals surface area contributed by atoms with Gasteiger partial charge in [0.05, 0.1) is 19.6 Å². The van der Waals surface area contributed by atoms with Gasteiger partial charge in [0.2, 0.25) is 5.91 Å². The fourth-order valence-corrected chi connectivity index (χ4v) is 3.26. The average molecular weight is 334 g/mol. The molecule has 130 valence electrons. The van der Waals surface area contributed by atoms with Crippen LogP contribution in [0.2, 0.25) is 0 Å². The van der Waals surface area contributed by atoms with Crippen LogP contribution in [0.4, 0.5) is 4.39 Å². The molecule has 0 saturated carbocycles. The standard InChI is InChI=1S/C18H23FN2O3/c19-18(17(23)21-10-12-24-13-11-21)6-8-20(9-7-18)16(22)14-15-4-2-1-3-5-15/h1-5H,6-14H2. The Labute approximate surface area is 141 Å². The van der Waals surface area contributed by atoms with Crippen LogP contribution in [0.25, 0.3) is 0 Å². The number of carbonyl (C=O) groups excluding carboxylic acids is 2. The van der Waals surface area contributed by atoms with Crippen LogP contribution in [0.5, 0.6) is 0 Å². The highest BCUT2D eigenvalue weighted by Crippen LogP contribution is 2.29. The molecule has 0 atom stereocenters. The molecule has 2 fully saturated rings. The van der Waals surface area contributed by atoms with Gasteiger partial charge in [-0.15, -0.1) is 0 Å². The lowest BCUT2D eigenvalue weighted by Crippen LogP contribution is -2.55. The van der Waals surface area contributed by atoms with E-state index in [9.17, 15) is 9.59 Å². The molecule has 3 rings (SSSR count). The first kappa shape index (κ1) is 16.9. The number of ether oxygens (including phenoxy) is 1. The minimum absolute atomic E-state index is 0.0120. The van der Waals surface area contributed by atoms with Gasteiger partial charge in [0.1, 0.15) is 0 Å². The predicted octanol–water partition coefficient (Wildman–Crippen LogP) is 1.42. The molecule has 2 amide bonds. The fraction of sp³-hybridized carbons (Fsp3) is 0.556. The first-order valence-electron chi connectivity index (χ1n) is 8.46. The van der Waals surface area contributed by atoms with Crippen LogP contribution in [0.15, 0.2) is 30.3 Å². The average Bonchev–Trinajstić information content (AvgIpc) is 2.63. The molecule has 0 unspecified atom stereocenters. The maximum atomic E-state index is 15.0. The predicted molar refractivity (Wildman–Crippen MR) is 87.2 cm³/mol. The van der Waals surface area contributed by atoms with Gasteiger partial charge in [-0.25, -0.2) is 4.39 Å². The maximum absolute atomic E-state index is 15.0. The van der Waals surface area contributed by atoms with Crippen molar-refractivity contribution < 1.29 is 18.7 Å². The molecular formula is C18H23FN2O3. The van der Waals surface area contributed by atoms with Crippen molar-refractivity contribution in [2.45, 2.75) is 24.9 Å². The summed E-state index contributed by atoms with van der Waals surface area (Å²) in [7, 11) is 0. The van der Waals surface area contributed by atoms with Crippen molar-refractivity contribution in [3.05, 3.63) is 35.9 Å². The molecule has 2 heterocycles. The molecule has 2 saturated heterocycles. The van der Waals surface area contributed by atoms with Gasteiger partial charge < -0.3 is 14.5 Å². The van der Waals surface area contributed by atoms with Crippen molar-refractivity contribution in [2.75, 3.05) is 39.4 Å². The third-order valence-electron chi connectivity index (χ3n) is 4.79. The molecule has 2 aliphatic heterocycles. The second-order valence-corrected chi connectivity index (χ2v) is 6.41. The number of morpholine rings is 1. The van der Waals surface area contributed by atoms with Gasteiger partial charge in [0.15, 0.2) is 5.67 Å². The highest BCUT2D eigenvalue weighted by molar-refractivity contribution is 5.86. The van der Waals surface area contributed by atoms with Crippen LogP contribution in [0.3, 0.4) is 0 Å². The largest absolute Gasteiger partial charge is 0.378 e. The van der Waals surface area contributed by atoms with Gasteiger partial charge in [-0.3, -0.25) is 9.59 Å². The van der Waals surface area contributed by atoms with Crippen molar-refractivity contribution in [3.63, 3.8) is 0 Å². The number of piperidine rings is 1. The molecule has 1 aromatic carbocycles. The van der Waals surface area contributed by atoms with Gasteiger partial charge in [-0.05, 0) is 5.56 Å². The zero-order valence-corrected chi connectivity index (χ0v) is 13.7. The van der Waals surface area contributed by atoms with Crippen molar-refractivity contribution in [2.24, 2.45) is 0 Å². The van der Waals surface area contributed by atoms with E-state index in [0.717, 1.165) is 5.56 Å². The molecule has 0 N–H and O–H groups in total. The van der Waals surface area contributed by atoms with E-state index >= 15 is 4.39 Å². The zero-order chi connectivity index (χ0) is 17.0. The first-order valence-corrected chi connectivity index (χ1v) is 8.46. The summed E-state index contributed by atoms with van der Waals surface area (Å²) in [6.45, 7) is 2.39. The summed E-state index contributed by atoms with van der Waals surface area (Å²) in [5.74, 6) is -0.456. The van der Waals surface area contributed by atoms with Crippen molar-refractivity contribution in [1.82, 2.24) is 9.80 Å². The first-order chi connectivity index (χ1) is 11.6. The van der Waals surface area contributed by atoms with Gasteiger partial charge in [0, 0.05) is 39.0 Å². The lowest BCUT2D eigenvalue weighted by atomic mass is 9.91. The molecule has 0 aromatic heterocycles. The van der Waals surface area contributed by atoms with Crippen molar-refractivity contribution >= 4 is 11.8 Å². The summed E-state index contributed by atoms with van der Waals surface area (Å²) >= 11 is 0. The van der Waals surface area contributed by atoms with Crippen LogP contribution < -0.4 is 0 Å². The number of carbonyl (C=O) groups is 2. The molecule has 5 nitrogen and oxygen atoms in total. The molecule has 24 heavy (non-hydrogen) atoms. The van der Waals surface area contributed by atoms with E-state index in [1.165, 1.54) is 0 Å². The molecule has 1 aromatic rings. The zero-order valence-electron chi connectivity index (χ0n) is 13.7. The minimum atomic E-state index is -1.85. The lowest BCUT2D eigenvalue weighted by molar-refractivity contribution is -0.153. The van der Waals surface area contributed by atoms with E-state index in [1.807, 2.05) is 30.3 Å². The Morgan fingerprint density at radius 2 is 1.62 bits per heavy atom. The Morgan fingerprint density at radius 3 is 2.25 bits per heavy atom. The fourth-order valence-electron chi connectivity index (χ4n) is 3.26. The van der Waals surface area contributed by atoms with Crippen LogP contribution in [-0.4, -0.2) is 66.7 Å². The van der Waals surface area contributed by atoms with E-state index in [4.69, 9.17) is 4.74 Å². The van der Waals surface area contributed by atoms with E-state index in [0.29, 0.717) is 32.7 Å². The number of halogens is 1. The summed E-state index contributed by atoms with van der Waals surface area (Å²) < 4.78 is 20.3. The Bertz CT molecular complexity index is 579. The van der Waals surface area contributed by atoms with Crippen molar-refractivity contribution in [3.8, 4) is 0 Å². The Hall–Kier alpha value is -1.95. The number of rotatable bonds is 3. The molecular weight excluding hydrogens is 311 g/mol. The molecule has 0 bridgehead atoms. The Morgan fingerprint density at radius 1 is 1.00 bits per heavy atom. The highest BCUT2D eigenvalue weighted by Gasteiger charge is 2.45. The molecule has 6 heteroatoms. The highest BCUT2D eigenvalue weighted by atomic mass is 19.1. The minimum Gasteiger partial charge on any atom is -0.378 e. The number of amides is 2. The summed E-state index contributed by atoms with van der Waals surface area (Å²) in [5.41, 5.74) is -0.898. The summed E-state index contributed by atoms with van der Waals surface area (Å²) in [6, 6.07) is 9.51. The SMILES string of the molecule is O=C(Cc1ccccc1)N1CCC(F)(C(=O)N2CCOCC2)CC1. The number of likely N-dealkylation sites (tertiary alicyclic amines) is 1. The number of hydrogen-bond donors (Lipinski definition) is 0. The Balaban J connectivity index is 1.54.